The summed E-state index contributed by atoms with van der Waals surface area (Å²) in [5.74, 6) is 0.420. The highest BCUT2D eigenvalue weighted by Crippen LogP contribution is 2.48. The lowest BCUT2D eigenvalue weighted by molar-refractivity contribution is -0.138. The molecule has 0 bridgehead atoms. The minimum atomic E-state index is -0.751. The molecule has 28 heavy (non-hydrogen) atoms. The lowest BCUT2D eigenvalue weighted by Crippen LogP contribution is -2.47. The first kappa shape index (κ1) is 19.6. The molecular formula is C23H27BrN2O2. The summed E-state index contributed by atoms with van der Waals surface area (Å²) in [6.07, 6.45) is 9.32. The molecule has 4 rings (SSSR count). The van der Waals surface area contributed by atoms with E-state index in [2.05, 4.69) is 33.0 Å². The van der Waals surface area contributed by atoms with E-state index in [1.165, 1.54) is 6.42 Å². The lowest BCUT2D eigenvalue weighted by Gasteiger charge is -2.37. The topological polar surface area (TPSA) is 53.4 Å². The first-order valence-corrected chi connectivity index (χ1v) is 11.0. The Morgan fingerprint density at radius 1 is 1.21 bits per heavy atom. The van der Waals surface area contributed by atoms with Crippen LogP contribution in [-0.2, 0) is 11.3 Å². The maximum Gasteiger partial charge on any atom is 0.226 e. The van der Waals surface area contributed by atoms with Gasteiger partial charge in [0.25, 0.3) is 0 Å². The van der Waals surface area contributed by atoms with Crippen LogP contribution in [0, 0.1) is 5.92 Å². The average molecular weight is 443 g/mol. The molecule has 2 aromatic rings. The van der Waals surface area contributed by atoms with Crippen LogP contribution >= 0.6 is 15.9 Å². The Morgan fingerprint density at radius 2 is 2.04 bits per heavy atom. The number of rotatable bonds is 6. The van der Waals surface area contributed by atoms with E-state index in [4.69, 9.17) is 0 Å². The number of carbonyl (C=O) groups excluding carboxylic acids is 1. The van der Waals surface area contributed by atoms with Crippen molar-refractivity contribution in [3.05, 3.63) is 64.4 Å². The van der Waals surface area contributed by atoms with Gasteiger partial charge in [0, 0.05) is 35.9 Å². The van der Waals surface area contributed by atoms with E-state index in [9.17, 15) is 9.90 Å². The van der Waals surface area contributed by atoms with E-state index in [0.29, 0.717) is 13.1 Å². The number of halogens is 1. The molecule has 2 aliphatic carbocycles. The van der Waals surface area contributed by atoms with Gasteiger partial charge in [-0.3, -0.25) is 9.78 Å². The number of pyridine rings is 1. The summed E-state index contributed by atoms with van der Waals surface area (Å²) in [6, 6.07) is 12.1. The summed E-state index contributed by atoms with van der Waals surface area (Å²) in [6.45, 7) is 0.964. The quantitative estimate of drug-likeness (QED) is 0.706. The number of nitrogens with zero attached hydrogens (tertiary/aromatic N) is 2. The SMILES string of the molecule is O=C([C@@H]1C[C@H]1c1cccnc1)N(Cc1cccc(Br)c1)CC1(O)CCCCC1. The van der Waals surface area contributed by atoms with E-state index in [1.807, 2.05) is 35.4 Å². The summed E-state index contributed by atoms with van der Waals surface area (Å²) in [5.41, 5.74) is 1.47. The van der Waals surface area contributed by atoms with Gasteiger partial charge in [0.15, 0.2) is 0 Å². The van der Waals surface area contributed by atoms with Crippen molar-refractivity contribution in [1.82, 2.24) is 9.88 Å². The number of hydrogen-bond acceptors (Lipinski definition) is 3. The zero-order valence-electron chi connectivity index (χ0n) is 16.1. The van der Waals surface area contributed by atoms with E-state index < -0.39 is 5.60 Å². The van der Waals surface area contributed by atoms with Crippen LogP contribution in [0.1, 0.15) is 55.6 Å². The van der Waals surface area contributed by atoms with Crippen molar-refractivity contribution < 1.29 is 9.90 Å². The smallest absolute Gasteiger partial charge is 0.226 e. The van der Waals surface area contributed by atoms with Crippen LogP contribution in [0.4, 0.5) is 0 Å². The summed E-state index contributed by atoms with van der Waals surface area (Å²) >= 11 is 3.52. The molecule has 148 valence electrons. The monoisotopic (exact) mass is 442 g/mol. The fraction of sp³-hybridized carbons (Fsp3) is 0.478. The normalized spacial score (nSPS) is 23.2. The molecule has 1 aromatic heterocycles. The van der Waals surface area contributed by atoms with E-state index >= 15 is 0 Å². The van der Waals surface area contributed by atoms with E-state index in [1.54, 1.807) is 6.20 Å². The summed E-state index contributed by atoms with van der Waals surface area (Å²) < 4.78 is 1.01. The Hall–Kier alpha value is -1.72. The van der Waals surface area contributed by atoms with Gasteiger partial charge in [0.1, 0.15) is 0 Å². The van der Waals surface area contributed by atoms with Crippen LogP contribution in [0.25, 0.3) is 0 Å². The molecule has 1 N–H and O–H groups in total. The minimum Gasteiger partial charge on any atom is -0.388 e. The van der Waals surface area contributed by atoms with E-state index in [0.717, 1.165) is 47.7 Å². The second-order valence-corrected chi connectivity index (χ2v) is 9.26. The number of carbonyl (C=O) groups is 1. The van der Waals surface area contributed by atoms with Gasteiger partial charge in [-0.05, 0) is 54.5 Å². The van der Waals surface area contributed by atoms with Crippen molar-refractivity contribution in [1.29, 1.82) is 0 Å². The van der Waals surface area contributed by atoms with Gasteiger partial charge in [-0.15, -0.1) is 0 Å². The summed E-state index contributed by atoms with van der Waals surface area (Å²) in [4.78, 5) is 19.5. The molecule has 1 amide bonds. The first-order chi connectivity index (χ1) is 13.5. The van der Waals surface area contributed by atoms with Gasteiger partial charge in [0.05, 0.1) is 5.60 Å². The van der Waals surface area contributed by atoms with E-state index in [-0.39, 0.29) is 17.7 Å². The van der Waals surface area contributed by atoms with Gasteiger partial charge in [-0.25, -0.2) is 0 Å². The molecule has 1 heterocycles. The fourth-order valence-electron chi connectivity index (χ4n) is 4.46. The highest BCUT2D eigenvalue weighted by Gasteiger charge is 2.47. The average Bonchev–Trinajstić information content (AvgIpc) is 3.49. The molecule has 0 saturated heterocycles. The Morgan fingerprint density at radius 3 is 2.75 bits per heavy atom. The van der Waals surface area contributed by atoms with Gasteiger partial charge in [-0.1, -0.05) is 53.4 Å². The predicted octanol–water partition coefficient (Wildman–Crippen LogP) is 4.67. The number of benzene rings is 1. The molecule has 5 heteroatoms. The van der Waals surface area contributed by atoms with Crippen LogP contribution in [0.2, 0.25) is 0 Å². The largest absolute Gasteiger partial charge is 0.388 e. The molecular weight excluding hydrogens is 416 g/mol. The molecule has 4 nitrogen and oxygen atoms in total. The van der Waals surface area contributed by atoms with Crippen LogP contribution in [0.5, 0.6) is 0 Å². The number of aliphatic hydroxyl groups is 1. The molecule has 0 radical (unpaired) electrons. The summed E-state index contributed by atoms with van der Waals surface area (Å²) in [5, 5.41) is 11.1. The third-order valence-electron chi connectivity index (χ3n) is 6.06. The van der Waals surface area contributed by atoms with Gasteiger partial charge in [0.2, 0.25) is 5.91 Å². The number of hydrogen-bond donors (Lipinski definition) is 1. The Labute approximate surface area is 175 Å². The van der Waals surface area contributed by atoms with Crippen molar-refractivity contribution in [2.75, 3.05) is 6.54 Å². The van der Waals surface area contributed by atoms with Crippen molar-refractivity contribution in [3.63, 3.8) is 0 Å². The Bertz CT molecular complexity index is 820. The number of amides is 1. The standard InChI is InChI=1S/C23H27BrN2O2/c24-19-8-4-6-17(12-19)15-26(16-23(28)9-2-1-3-10-23)22(27)21-13-20(21)18-7-5-11-25-14-18/h4-8,11-12,14,20-21,28H,1-3,9-10,13,15-16H2/t20-,21+/m0/s1. The fourth-order valence-corrected chi connectivity index (χ4v) is 4.90. The lowest BCUT2D eigenvalue weighted by atomic mass is 9.84. The Kier molecular flexibility index (Phi) is 5.83. The van der Waals surface area contributed by atoms with Crippen LogP contribution < -0.4 is 0 Å². The highest BCUT2D eigenvalue weighted by molar-refractivity contribution is 9.10. The molecule has 2 atom stereocenters. The van der Waals surface area contributed by atoms with Crippen molar-refractivity contribution in [3.8, 4) is 0 Å². The van der Waals surface area contributed by atoms with Crippen LogP contribution in [-0.4, -0.2) is 33.0 Å². The minimum absolute atomic E-state index is 0.00328. The first-order valence-electron chi connectivity index (χ1n) is 10.2. The summed E-state index contributed by atoms with van der Waals surface area (Å²) in [7, 11) is 0. The molecule has 2 saturated carbocycles. The second-order valence-electron chi connectivity index (χ2n) is 8.34. The van der Waals surface area contributed by atoms with Crippen LogP contribution in [0.15, 0.2) is 53.3 Å². The van der Waals surface area contributed by atoms with Crippen molar-refractivity contribution in [2.24, 2.45) is 5.92 Å². The molecule has 2 aliphatic rings. The predicted molar refractivity (Wildman–Crippen MR) is 113 cm³/mol. The highest BCUT2D eigenvalue weighted by atomic mass is 79.9. The second kappa shape index (κ2) is 8.34. The van der Waals surface area contributed by atoms with Crippen molar-refractivity contribution >= 4 is 21.8 Å². The zero-order chi connectivity index (χ0) is 19.6. The third-order valence-corrected chi connectivity index (χ3v) is 6.56. The maximum absolute atomic E-state index is 13.4. The molecule has 0 aliphatic heterocycles. The van der Waals surface area contributed by atoms with Crippen molar-refractivity contribution in [2.45, 2.75) is 56.6 Å². The van der Waals surface area contributed by atoms with Crippen LogP contribution in [0.3, 0.4) is 0 Å². The van der Waals surface area contributed by atoms with Gasteiger partial charge >= 0.3 is 0 Å². The molecule has 0 spiro atoms. The maximum atomic E-state index is 13.4. The van der Waals surface area contributed by atoms with Gasteiger partial charge in [-0.2, -0.15) is 0 Å². The van der Waals surface area contributed by atoms with Gasteiger partial charge < -0.3 is 10.0 Å². The Balaban J connectivity index is 1.51. The molecule has 1 aromatic carbocycles. The zero-order valence-corrected chi connectivity index (χ0v) is 17.6. The third kappa shape index (κ3) is 4.64. The molecule has 2 fully saturated rings. The number of aromatic nitrogens is 1. The molecule has 0 unspecified atom stereocenters.